The topological polar surface area (TPSA) is 75.3 Å². The van der Waals surface area contributed by atoms with E-state index >= 15 is 0 Å². The molecule has 0 saturated heterocycles. The first kappa shape index (κ1) is 17.0. The van der Waals surface area contributed by atoms with Crippen molar-refractivity contribution in [3.63, 3.8) is 0 Å². The summed E-state index contributed by atoms with van der Waals surface area (Å²) in [6.45, 7) is 4.10. The Kier molecular flexibility index (Phi) is 5.05. The Morgan fingerprint density at radius 3 is 2.26 bits per heavy atom. The number of carbonyl (C=O) groups excluding carboxylic acids is 1. The van der Waals surface area contributed by atoms with E-state index in [0.29, 0.717) is 17.2 Å². The third-order valence-electron chi connectivity index (χ3n) is 3.46. The van der Waals surface area contributed by atoms with Gasteiger partial charge in [0.05, 0.1) is 4.90 Å². The van der Waals surface area contributed by atoms with E-state index in [1.54, 1.807) is 42.5 Å². The molecule has 0 fully saturated rings. The molecule has 0 aliphatic carbocycles. The number of benzene rings is 2. The largest absolute Gasteiger partial charge is 0.355 e. The quantitative estimate of drug-likeness (QED) is 0.884. The van der Waals surface area contributed by atoms with Gasteiger partial charge in [-0.25, -0.2) is 8.42 Å². The van der Waals surface area contributed by atoms with Crippen LogP contribution in [0, 0.1) is 0 Å². The van der Waals surface area contributed by atoms with Crippen LogP contribution in [0.4, 0.5) is 5.69 Å². The number of anilines is 1. The Balaban J connectivity index is 2.26. The molecule has 1 amide bonds. The highest BCUT2D eigenvalue weighted by atomic mass is 32.2. The van der Waals surface area contributed by atoms with Crippen LogP contribution in [0.3, 0.4) is 0 Å². The molecule has 0 aliphatic heterocycles. The van der Waals surface area contributed by atoms with Crippen molar-refractivity contribution in [2.75, 3.05) is 11.8 Å². The summed E-state index contributed by atoms with van der Waals surface area (Å²) in [6.07, 6.45) is 0. The molecule has 0 spiro atoms. The summed E-state index contributed by atoms with van der Waals surface area (Å²) in [7, 11) is -2.16. The second kappa shape index (κ2) is 6.83. The summed E-state index contributed by atoms with van der Waals surface area (Å²) in [5.74, 6) is 0.0660. The maximum absolute atomic E-state index is 12.4. The highest BCUT2D eigenvalue weighted by molar-refractivity contribution is 7.92. The fourth-order valence-corrected chi connectivity index (χ4v) is 3.16. The molecule has 23 heavy (non-hydrogen) atoms. The lowest BCUT2D eigenvalue weighted by atomic mass is 10.0. The van der Waals surface area contributed by atoms with Crippen LogP contribution in [0.25, 0.3) is 0 Å². The Labute approximate surface area is 136 Å². The number of hydrogen-bond acceptors (Lipinski definition) is 3. The number of carbonyl (C=O) groups is 1. The predicted octanol–water partition coefficient (Wildman–Crippen LogP) is 2.97. The minimum atomic E-state index is -3.69. The van der Waals surface area contributed by atoms with Gasteiger partial charge in [-0.1, -0.05) is 32.0 Å². The van der Waals surface area contributed by atoms with E-state index < -0.39 is 10.0 Å². The van der Waals surface area contributed by atoms with Crippen LogP contribution < -0.4 is 10.0 Å². The number of rotatable bonds is 5. The van der Waals surface area contributed by atoms with Crippen molar-refractivity contribution >= 4 is 21.6 Å². The molecule has 2 rings (SSSR count). The van der Waals surface area contributed by atoms with E-state index in [-0.39, 0.29) is 10.8 Å². The summed E-state index contributed by atoms with van der Waals surface area (Å²) in [4.78, 5) is 11.8. The second-order valence-electron chi connectivity index (χ2n) is 5.49. The summed E-state index contributed by atoms with van der Waals surface area (Å²) in [6, 6.07) is 13.1. The van der Waals surface area contributed by atoms with Crippen molar-refractivity contribution in [2.24, 2.45) is 0 Å². The van der Waals surface area contributed by atoms with Crippen molar-refractivity contribution in [3.8, 4) is 0 Å². The maximum Gasteiger partial charge on any atom is 0.261 e. The molecule has 6 heteroatoms. The zero-order chi connectivity index (χ0) is 17.0. The Morgan fingerprint density at radius 2 is 1.70 bits per heavy atom. The van der Waals surface area contributed by atoms with Gasteiger partial charge < -0.3 is 5.32 Å². The highest BCUT2D eigenvalue weighted by Gasteiger charge is 2.15. The van der Waals surface area contributed by atoms with Crippen molar-refractivity contribution in [1.82, 2.24) is 5.32 Å². The first-order valence-corrected chi connectivity index (χ1v) is 8.76. The van der Waals surface area contributed by atoms with Crippen molar-refractivity contribution in [3.05, 3.63) is 59.7 Å². The van der Waals surface area contributed by atoms with Crippen LogP contribution in [0.15, 0.2) is 53.4 Å². The molecular weight excluding hydrogens is 312 g/mol. The summed E-state index contributed by atoms with van der Waals surface area (Å²) < 4.78 is 27.3. The van der Waals surface area contributed by atoms with Gasteiger partial charge in [0.15, 0.2) is 0 Å². The lowest BCUT2D eigenvalue weighted by Crippen LogP contribution is -2.18. The van der Waals surface area contributed by atoms with E-state index in [0.717, 1.165) is 5.56 Å². The van der Waals surface area contributed by atoms with Crippen LogP contribution >= 0.6 is 0 Å². The van der Waals surface area contributed by atoms with Crippen LogP contribution in [0.2, 0.25) is 0 Å². The molecule has 0 aliphatic rings. The van der Waals surface area contributed by atoms with Gasteiger partial charge in [0, 0.05) is 18.3 Å². The normalized spacial score (nSPS) is 11.3. The summed E-state index contributed by atoms with van der Waals surface area (Å²) in [5, 5.41) is 2.50. The summed E-state index contributed by atoms with van der Waals surface area (Å²) in [5.41, 5.74) is 1.81. The van der Waals surface area contributed by atoms with Gasteiger partial charge in [-0.3, -0.25) is 9.52 Å². The van der Waals surface area contributed by atoms with E-state index in [4.69, 9.17) is 0 Å². The lowest BCUT2D eigenvalue weighted by Gasteiger charge is -2.11. The van der Waals surface area contributed by atoms with Gasteiger partial charge >= 0.3 is 0 Å². The lowest BCUT2D eigenvalue weighted by molar-refractivity contribution is 0.0963. The van der Waals surface area contributed by atoms with E-state index in [9.17, 15) is 13.2 Å². The first-order chi connectivity index (χ1) is 10.8. The molecule has 5 nitrogen and oxygen atoms in total. The van der Waals surface area contributed by atoms with Crippen LogP contribution in [0.1, 0.15) is 35.7 Å². The number of hydrogen-bond donors (Lipinski definition) is 2. The monoisotopic (exact) mass is 332 g/mol. The van der Waals surface area contributed by atoms with Gasteiger partial charge in [0.2, 0.25) is 0 Å². The van der Waals surface area contributed by atoms with Crippen LogP contribution in [0.5, 0.6) is 0 Å². The molecule has 0 radical (unpaired) electrons. The fourth-order valence-electron chi connectivity index (χ4n) is 2.11. The van der Waals surface area contributed by atoms with E-state index in [2.05, 4.69) is 10.0 Å². The van der Waals surface area contributed by atoms with E-state index in [1.165, 1.54) is 13.1 Å². The average molecular weight is 332 g/mol. The molecule has 122 valence electrons. The average Bonchev–Trinajstić information content (AvgIpc) is 2.54. The molecule has 2 N–H and O–H groups in total. The third-order valence-corrected chi connectivity index (χ3v) is 4.86. The van der Waals surface area contributed by atoms with E-state index in [1.807, 2.05) is 13.8 Å². The Bertz CT molecular complexity index is 797. The number of nitrogens with one attached hydrogen (secondary N) is 2. The molecular formula is C17H20N2O3S. The number of sulfonamides is 1. The van der Waals surface area contributed by atoms with Gasteiger partial charge in [-0.15, -0.1) is 0 Å². The first-order valence-electron chi connectivity index (χ1n) is 7.28. The zero-order valence-corrected chi connectivity index (χ0v) is 14.1. The van der Waals surface area contributed by atoms with Crippen molar-refractivity contribution in [2.45, 2.75) is 24.7 Å². The number of amides is 1. The SMILES string of the molecule is CNC(=O)c1cccc(NS(=O)(=O)c2ccc(C(C)C)cc2)c1. The van der Waals surface area contributed by atoms with Crippen molar-refractivity contribution in [1.29, 1.82) is 0 Å². The molecule has 0 heterocycles. The van der Waals surface area contributed by atoms with Crippen LogP contribution in [-0.4, -0.2) is 21.4 Å². The Morgan fingerprint density at radius 1 is 1.04 bits per heavy atom. The smallest absolute Gasteiger partial charge is 0.261 e. The molecule has 0 atom stereocenters. The zero-order valence-electron chi connectivity index (χ0n) is 13.3. The minimum Gasteiger partial charge on any atom is -0.355 e. The van der Waals surface area contributed by atoms with Gasteiger partial charge in [-0.05, 0) is 41.8 Å². The molecule has 0 saturated carbocycles. The molecule has 0 bridgehead atoms. The molecule has 0 aromatic heterocycles. The predicted molar refractivity (Wildman–Crippen MR) is 91.2 cm³/mol. The Hall–Kier alpha value is -2.34. The fraction of sp³-hybridized carbons (Fsp3) is 0.235. The molecule has 2 aromatic rings. The van der Waals surface area contributed by atoms with Crippen LogP contribution in [-0.2, 0) is 10.0 Å². The summed E-state index contributed by atoms with van der Waals surface area (Å²) >= 11 is 0. The highest BCUT2D eigenvalue weighted by Crippen LogP contribution is 2.20. The maximum atomic E-state index is 12.4. The van der Waals surface area contributed by atoms with Gasteiger partial charge in [0.25, 0.3) is 15.9 Å². The second-order valence-corrected chi connectivity index (χ2v) is 7.17. The third kappa shape index (κ3) is 4.10. The molecule has 2 aromatic carbocycles. The van der Waals surface area contributed by atoms with Gasteiger partial charge in [0.1, 0.15) is 0 Å². The van der Waals surface area contributed by atoms with Gasteiger partial charge in [-0.2, -0.15) is 0 Å². The van der Waals surface area contributed by atoms with Crippen molar-refractivity contribution < 1.29 is 13.2 Å². The molecule has 0 unspecified atom stereocenters. The minimum absolute atomic E-state index is 0.187. The standard InChI is InChI=1S/C17H20N2O3S/c1-12(2)13-7-9-16(10-8-13)23(21,22)19-15-6-4-5-14(11-15)17(20)18-3/h4-12,19H,1-3H3,(H,18,20).